The molecule has 1 atom stereocenters. The first-order valence-corrected chi connectivity index (χ1v) is 10.7. The standard InChI is InChI=1S/C23H23N3O3S/c1-4-20-23(28)26(12-22(27)25-17-8-5-14(2)6-9-17)19-11-16(7-10-21(19)29-20)18-13-30-15(3)24-18/h5-11,13,20H,4,12H2,1-3H3,(H,25,27). The molecule has 1 aliphatic rings. The molecule has 2 aromatic carbocycles. The number of rotatable bonds is 5. The summed E-state index contributed by atoms with van der Waals surface area (Å²) in [5, 5.41) is 5.81. The highest BCUT2D eigenvalue weighted by Gasteiger charge is 2.34. The molecule has 1 aromatic heterocycles. The smallest absolute Gasteiger partial charge is 0.268 e. The van der Waals surface area contributed by atoms with E-state index in [1.54, 1.807) is 11.3 Å². The maximum absolute atomic E-state index is 13.0. The second-order valence-corrected chi connectivity index (χ2v) is 8.35. The second kappa shape index (κ2) is 8.28. The third-order valence-corrected chi connectivity index (χ3v) is 5.76. The summed E-state index contributed by atoms with van der Waals surface area (Å²) in [7, 11) is 0. The summed E-state index contributed by atoms with van der Waals surface area (Å²) in [5.41, 5.74) is 4.13. The van der Waals surface area contributed by atoms with Crippen molar-refractivity contribution in [3.63, 3.8) is 0 Å². The van der Waals surface area contributed by atoms with E-state index in [2.05, 4.69) is 10.3 Å². The average molecular weight is 422 g/mol. The molecule has 1 aliphatic heterocycles. The van der Waals surface area contributed by atoms with E-state index in [0.717, 1.165) is 21.8 Å². The summed E-state index contributed by atoms with van der Waals surface area (Å²) in [6, 6.07) is 13.2. The van der Waals surface area contributed by atoms with E-state index >= 15 is 0 Å². The van der Waals surface area contributed by atoms with E-state index in [1.807, 2.05) is 68.6 Å². The number of thiazole rings is 1. The van der Waals surface area contributed by atoms with Gasteiger partial charge in [0.15, 0.2) is 6.10 Å². The second-order valence-electron chi connectivity index (χ2n) is 7.29. The Kier molecular flexibility index (Phi) is 5.55. The van der Waals surface area contributed by atoms with E-state index in [0.29, 0.717) is 23.5 Å². The minimum Gasteiger partial charge on any atom is -0.478 e. The predicted molar refractivity (Wildman–Crippen MR) is 119 cm³/mol. The molecule has 154 valence electrons. The normalized spacial score (nSPS) is 15.5. The van der Waals surface area contributed by atoms with Gasteiger partial charge in [0.25, 0.3) is 5.91 Å². The summed E-state index contributed by atoms with van der Waals surface area (Å²) in [5.74, 6) is 0.126. The molecule has 0 aliphatic carbocycles. The van der Waals surface area contributed by atoms with E-state index in [1.165, 1.54) is 4.90 Å². The molecule has 3 aromatic rings. The monoisotopic (exact) mass is 421 g/mol. The predicted octanol–water partition coefficient (Wildman–Crippen LogP) is 4.57. The minimum absolute atomic E-state index is 0.0842. The van der Waals surface area contributed by atoms with Crippen molar-refractivity contribution in [1.82, 2.24) is 4.98 Å². The zero-order valence-corrected chi connectivity index (χ0v) is 18.0. The van der Waals surface area contributed by atoms with Crippen LogP contribution in [0.1, 0.15) is 23.9 Å². The molecular weight excluding hydrogens is 398 g/mol. The quantitative estimate of drug-likeness (QED) is 0.655. The number of benzene rings is 2. The molecule has 0 saturated heterocycles. The first kappa shape index (κ1) is 20.1. The molecule has 2 heterocycles. The molecule has 4 rings (SSSR count). The zero-order valence-electron chi connectivity index (χ0n) is 17.1. The Bertz CT molecular complexity index is 1090. The molecule has 0 bridgehead atoms. The van der Waals surface area contributed by atoms with Gasteiger partial charge in [0.2, 0.25) is 5.91 Å². The highest BCUT2D eigenvalue weighted by atomic mass is 32.1. The summed E-state index contributed by atoms with van der Waals surface area (Å²) < 4.78 is 5.89. The first-order valence-electron chi connectivity index (χ1n) is 9.85. The van der Waals surface area contributed by atoms with Crippen molar-refractivity contribution in [2.24, 2.45) is 0 Å². The lowest BCUT2D eigenvalue weighted by atomic mass is 10.1. The van der Waals surface area contributed by atoms with Crippen molar-refractivity contribution >= 4 is 34.5 Å². The number of hydrogen-bond donors (Lipinski definition) is 1. The molecule has 1 unspecified atom stereocenters. The number of aromatic nitrogens is 1. The van der Waals surface area contributed by atoms with Crippen LogP contribution in [-0.4, -0.2) is 29.4 Å². The van der Waals surface area contributed by atoms with Gasteiger partial charge in [-0.05, 0) is 50.6 Å². The van der Waals surface area contributed by atoms with Crippen LogP contribution in [0.4, 0.5) is 11.4 Å². The number of carbonyl (C=O) groups excluding carboxylic acids is 2. The summed E-state index contributed by atoms with van der Waals surface area (Å²) in [4.78, 5) is 31.8. The molecule has 30 heavy (non-hydrogen) atoms. The zero-order chi connectivity index (χ0) is 21.3. The van der Waals surface area contributed by atoms with Crippen molar-refractivity contribution in [3.05, 3.63) is 58.4 Å². The van der Waals surface area contributed by atoms with Crippen molar-refractivity contribution in [3.8, 4) is 17.0 Å². The summed E-state index contributed by atoms with van der Waals surface area (Å²) in [6.45, 7) is 5.75. The molecule has 6 nitrogen and oxygen atoms in total. The fourth-order valence-electron chi connectivity index (χ4n) is 3.38. The van der Waals surface area contributed by atoms with Crippen LogP contribution < -0.4 is 15.0 Å². The molecule has 7 heteroatoms. The molecule has 1 N–H and O–H groups in total. The largest absolute Gasteiger partial charge is 0.478 e. The number of fused-ring (bicyclic) bond motifs is 1. The van der Waals surface area contributed by atoms with Crippen LogP contribution in [0.15, 0.2) is 47.8 Å². The van der Waals surface area contributed by atoms with Crippen LogP contribution in [0.2, 0.25) is 0 Å². The topological polar surface area (TPSA) is 71.5 Å². The summed E-state index contributed by atoms with van der Waals surface area (Å²) >= 11 is 1.57. The van der Waals surface area contributed by atoms with Crippen molar-refractivity contribution in [2.75, 3.05) is 16.8 Å². The molecule has 0 spiro atoms. The van der Waals surface area contributed by atoms with Gasteiger partial charge in [-0.15, -0.1) is 11.3 Å². The Hall–Kier alpha value is -3.19. The third kappa shape index (κ3) is 4.07. The van der Waals surface area contributed by atoms with E-state index in [4.69, 9.17) is 4.74 Å². The Labute approximate surface area is 179 Å². The van der Waals surface area contributed by atoms with Gasteiger partial charge in [0.1, 0.15) is 12.3 Å². The molecule has 0 radical (unpaired) electrons. The average Bonchev–Trinajstić information content (AvgIpc) is 3.17. The van der Waals surface area contributed by atoms with Crippen molar-refractivity contribution in [2.45, 2.75) is 33.3 Å². The van der Waals surface area contributed by atoms with Crippen LogP contribution in [0, 0.1) is 13.8 Å². The Morgan fingerprint density at radius 3 is 2.63 bits per heavy atom. The third-order valence-electron chi connectivity index (χ3n) is 4.98. The van der Waals surface area contributed by atoms with Crippen LogP contribution >= 0.6 is 11.3 Å². The van der Waals surface area contributed by atoms with Gasteiger partial charge < -0.3 is 10.1 Å². The van der Waals surface area contributed by atoms with Gasteiger partial charge in [-0.1, -0.05) is 24.6 Å². The number of hydrogen-bond acceptors (Lipinski definition) is 5. The van der Waals surface area contributed by atoms with E-state index < -0.39 is 6.10 Å². The fraction of sp³-hybridized carbons (Fsp3) is 0.261. The summed E-state index contributed by atoms with van der Waals surface area (Å²) in [6.07, 6.45) is -0.0708. The molecule has 2 amide bonds. The van der Waals surface area contributed by atoms with Crippen LogP contribution in [-0.2, 0) is 9.59 Å². The first-order chi connectivity index (χ1) is 14.4. The van der Waals surface area contributed by atoms with E-state index in [9.17, 15) is 9.59 Å². The Morgan fingerprint density at radius 1 is 1.20 bits per heavy atom. The number of amides is 2. The molecular formula is C23H23N3O3S. The SMILES string of the molecule is CCC1Oc2ccc(-c3csc(C)n3)cc2N(CC(=O)Nc2ccc(C)cc2)C1=O. The van der Waals surface area contributed by atoms with Gasteiger partial charge in [0, 0.05) is 16.6 Å². The number of ether oxygens (including phenoxy) is 1. The fourth-order valence-corrected chi connectivity index (χ4v) is 4.00. The van der Waals surface area contributed by atoms with Crippen LogP contribution in [0.3, 0.4) is 0 Å². The van der Waals surface area contributed by atoms with Gasteiger partial charge >= 0.3 is 0 Å². The van der Waals surface area contributed by atoms with Crippen LogP contribution in [0.5, 0.6) is 5.75 Å². The number of nitrogens with one attached hydrogen (secondary N) is 1. The number of nitrogens with zero attached hydrogens (tertiary/aromatic N) is 2. The van der Waals surface area contributed by atoms with Gasteiger partial charge in [-0.2, -0.15) is 0 Å². The van der Waals surface area contributed by atoms with Gasteiger partial charge in [-0.25, -0.2) is 4.98 Å². The number of aryl methyl sites for hydroxylation is 2. The number of anilines is 2. The maximum atomic E-state index is 13.0. The Morgan fingerprint density at radius 2 is 1.97 bits per heavy atom. The maximum Gasteiger partial charge on any atom is 0.268 e. The lowest BCUT2D eigenvalue weighted by molar-refractivity contribution is -0.128. The Balaban J connectivity index is 1.63. The molecule has 0 fully saturated rings. The van der Waals surface area contributed by atoms with Crippen molar-refractivity contribution < 1.29 is 14.3 Å². The van der Waals surface area contributed by atoms with Crippen LogP contribution in [0.25, 0.3) is 11.3 Å². The van der Waals surface area contributed by atoms with Gasteiger partial charge in [-0.3, -0.25) is 14.5 Å². The highest BCUT2D eigenvalue weighted by molar-refractivity contribution is 7.09. The highest BCUT2D eigenvalue weighted by Crippen LogP contribution is 2.38. The molecule has 0 saturated carbocycles. The lowest BCUT2D eigenvalue weighted by Crippen LogP contribution is -2.48. The van der Waals surface area contributed by atoms with Gasteiger partial charge in [0.05, 0.1) is 16.4 Å². The van der Waals surface area contributed by atoms with E-state index in [-0.39, 0.29) is 18.4 Å². The number of carbonyl (C=O) groups is 2. The lowest BCUT2D eigenvalue weighted by Gasteiger charge is -2.34. The minimum atomic E-state index is -0.600. The van der Waals surface area contributed by atoms with Crippen molar-refractivity contribution in [1.29, 1.82) is 0 Å².